The first kappa shape index (κ1) is 14.4. The third-order valence-corrected chi connectivity index (χ3v) is 3.72. The first-order valence-electron chi connectivity index (χ1n) is 6.83. The minimum atomic E-state index is 0.660. The van der Waals surface area contributed by atoms with Crippen molar-refractivity contribution in [3.8, 4) is 18.1 Å². The normalized spacial score (nSPS) is 16.4. The number of terminal acetylenes is 1. The van der Waals surface area contributed by atoms with Gasteiger partial charge in [-0.3, -0.25) is 4.79 Å². The van der Waals surface area contributed by atoms with Crippen molar-refractivity contribution in [2.24, 2.45) is 5.92 Å². The number of carbonyl (C=O) groups is 1. The van der Waals surface area contributed by atoms with Gasteiger partial charge in [0.15, 0.2) is 0 Å². The van der Waals surface area contributed by atoms with E-state index in [2.05, 4.69) is 17.9 Å². The number of hydrogen-bond donors (Lipinski definition) is 0. The Morgan fingerprint density at radius 1 is 1.40 bits per heavy atom. The van der Waals surface area contributed by atoms with Crippen LogP contribution in [0.4, 0.5) is 5.69 Å². The molecule has 1 aromatic rings. The monoisotopic (exact) mass is 272 g/mol. The van der Waals surface area contributed by atoms with E-state index in [9.17, 15) is 4.79 Å². The number of amides is 1. The van der Waals surface area contributed by atoms with Crippen molar-refractivity contribution in [3.05, 3.63) is 23.8 Å². The summed E-state index contributed by atoms with van der Waals surface area (Å²) in [5.41, 5.74) is 1.46. The molecule has 0 radical (unpaired) electrons. The molecule has 1 aromatic carbocycles. The summed E-state index contributed by atoms with van der Waals surface area (Å²) in [7, 11) is 1.59. The highest BCUT2D eigenvalue weighted by Gasteiger charge is 2.22. The lowest BCUT2D eigenvalue weighted by molar-refractivity contribution is -0.110. The Morgan fingerprint density at radius 2 is 2.10 bits per heavy atom. The summed E-state index contributed by atoms with van der Waals surface area (Å²) in [4.78, 5) is 11.5. The summed E-state index contributed by atoms with van der Waals surface area (Å²) in [6, 6.07) is 5.44. The predicted octanol–water partition coefficient (Wildman–Crippen LogP) is 2.29. The predicted molar refractivity (Wildman–Crippen MR) is 79.4 cm³/mol. The molecule has 1 heterocycles. The summed E-state index contributed by atoms with van der Waals surface area (Å²) >= 11 is 0. The van der Waals surface area contributed by atoms with E-state index in [4.69, 9.17) is 11.2 Å². The van der Waals surface area contributed by atoms with Crippen molar-refractivity contribution >= 4 is 12.1 Å². The van der Waals surface area contributed by atoms with Crippen molar-refractivity contribution < 1.29 is 9.53 Å². The summed E-state index contributed by atoms with van der Waals surface area (Å²) in [6.45, 7) is 4.00. The third kappa shape index (κ3) is 3.12. The van der Waals surface area contributed by atoms with Gasteiger partial charge in [-0.15, -0.1) is 6.42 Å². The van der Waals surface area contributed by atoms with Gasteiger partial charge in [0.25, 0.3) is 0 Å². The van der Waals surface area contributed by atoms with E-state index in [0.717, 1.165) is 38.0 Å². The number of anilines is 1. The topological polar surface area (TPSA) is 32.8 Å². The number of piperidine rings is 1. The van der Waals surface area contributed by atoms with E-state index in [1.165, 1.54) is 0 Å². The Kier molecular flexibility index (Phi) is 4.65. The molecule has 0 aliphatic carbocycles. The van der Waals surface area contributed by atoms with Crippen molar-refractivity contribution in [2.45, 2.75) is 19.8 Å². The molecular weight excluding hydrogens is 252 g/mol. The highest BCUT2D eigenvalue weighted by molar-refractivity contribution is 5.75. The lowest BCUT2D eigenvalue weighted by Gasteiger charge is -2.36. The van der Waals surface area contributed by atoms with E-state index in [1.807, 2.05) is 12.1 Å². The molecule has 4 nitrogen and oxygen atoms in total. The minimum Gasteiger partial charge on any atom is -0.497 e. The molecule has 0 saturated carbocycles. The molecule has 1 aliphatic heterocycles. The second-order valence-corrected chi connectivity index (χ2v) is 5.15. The summed E-state index contributed by atoms with van der Waals surface area (Å²) in [6.07, 6.45) is 8.48. The SMILES string of the molecule is C#Cc1cc(OC)cc(N(C=O)N2CCC(C)CC2)c1. The summed E-state index contributed by atoms with van der Waals surface area (Å²) < 4.78 is 5.24. The number of carbonyl (C=O) groups excluding carboxylic acids is 1. The lowest BCUT2D eigenvalue weighted by Crippen LogP contribution is -2.46. The molecule has 2 rings (SSSR count). The molecule has 0 atom stereocenters. The quantitative estimate of drug-likeness (QED) is 0.623. The molecule has 0 aromatic heterocycles. The molecule has 4 heteroatoms. The Balaban J connectivity index is 2.27. The minimum absolute atomic E-state index is 0.660. The zero-order chi connectivity index (χ0) is 14.5. The van der Waals surface area contributed by atoms with Gasteiger partial charge < -0.3 is 4.74 Å². The molecule has 1 fully saturated rings. The molecule has 0 N–H and O–H groups in total. The second-order valence-electron chi connectivity index (χ2n) is 5.15. The van der Waals surface area contributed by atoms with Crippen LogP contribution in [0.2, 0.25) is 0 Å². The zero-order valence-corrected chi connectivity index (χ0v) is 12.0. The maximum absolute atomic E-state index is 11.5. The standard InChI is InChI=1S/C16H20N2O2/c1-4-14-9-15(11-16(10-14)20-3)18(12-19)17-7-5-13(2)6-8-17/h1,9-13H,5-8H2,2-3H3. The van der Waals surface area contributed by atoms with Crippen molar-refractivity contribution in [1.29, 1.82) is 0 Å². The highest BCUT2D eigenvalue weighted by atomic mass is 16.5. The van der Waals surface area contributed by atoms with Gasteiger partial charge in [0.1, 0.15) is 5.75 Å². The fourth-order valence-corrected chi connectivity index (χ4v) is 2.42. The number of hydrogen-bond acceptors (Lipinski definition) is 3. The Labute approximate surface area is 120 Å². The summed E-state index contributed by atoms with van der Waals surface area (Å²) in [5, 5.41) is 3.69. The van der Waals surface area contributed by atoms with Crippen LogP contribution in [0.15, 0.2) is 18.2 Å². The first-order chi connectivity index (χ1) is 9.67. The third-order valence-electron chi connectivity index (χ3n) is 3.72. The average molecular weight is 272 g/mol. The van der Waals surface area contributed by atoms with Gasteiger partial charge in [-0.1, -0.05) is 12.8 Å². The van der Waals surface area contributed by atoms with Gasteiger partial charge in [0.2, 0.25) is 6.41 Å². The zero-order valence-electron chi connectivity index (χ0n) is 12.0. The van der Waals surface area contributed by atoms with Crippen LogP contribution in [0.25, 0.3) is 0 Å². The van der Waals surface area contributed by atoms with E-state index in [-0.39, 0.29) is 0 Å². The van der Waals surface area contributed by atoms with E-state index in [0.29, 0.717) is 17.2 Å². The van der Waals surface area contributed by atoms with Gasteiger partial charge in [-0.2, -0.15) is 0 Å². The highest BCUT2D eigenvalue weighted by Crippen LogP contribution is 2.26. The summed E-state index contributed by atoms with van der Waals surface area (Å²) in [5.74, 6) is 3.96. The maximum atomic E-state index is 11.5. The van der Waals surface area contributed by atoms with Crippen LogP contribution >= 0.6 is 0 Å². The number of benzene rings is 1. The fourth-order valence-electron chi connectivity index (χ4n) is 2.42. The molecule has 1 aliphatic rings. The first-order valence-corrected chi connectivity index (χ1v) is 6.83. The van der Waals surface area contributed by atoms with Crippen LogP contribution in [-0.2, 0) is 4.79 Å². The van der Waals surface area contributed by atoms with E-state index in [1.54, 1.807) is 18.2 Å². The van der Waals surface area contributed by atoms with Crippen LogP contribution in [-0.4, -0.2) is 31.6 Å². The molecule has 0 bridgehead atoms. The molecular formula is C16H20N2O2. The number of nitrogens with zero attached hydrogens (tertiary/aromatic N) is 2. The Bertz CT molecular complexity index is 514. The van der Waals surface area contributed by atoms with Crippen molar-refractivity contribution in [3.63, 3.8) is 0 Å². The van der Waals surface area contributed by atoms with Crippen LogP contribution < -0.4 is 9.75 Å². The van der Waals surface area contributed by atoms with Gasteiger partial charge >= 0.3 is 0 Å². The van der Waals surface area contributed by atoms with Gasteiger partial charge in [-0.05, 0) is 30.9 Å². The largest absolute Gasteiger partial charge is 0.497 e. The Hall–Kier alpha value is -1.99. The number of methoxy groups -OCH3 is 1. The van der Waals surface area contributed by atoms with E-state index >= 15 is 0 Å². The molecule has 1 saturated heterocycles. The number of hydrazine groups is 1. The van der Waals surface area contributed by atoms with Gasteiger partial charge in [-0.25, -0.2) is 10.0 Å². The second kappa shape index (κ2) is 6.44. The van der Waals surface area contributed by atoms with Crippen molar-refractivity contribution in [2.75, 3.05) is 25.2 Å². The number of rotatable bonds is 4. The smallest absolute Gasteiger partial charge is 0.228 e. The molecule has 0 spiro atoms. The van der Waals surface area contributed by atoms with Gasteiger partial charge in [0, 0.05) is 24.7 Å². The van der Waals surface area contributed by atoms with Crippen LogP contribution in [0.3, 0.4) is 0 Å². The maximum Gasteiger partial charge on any atom is 0.228 e. The van der Waals surface area contributed by atoms with Crippen LogP contribution in [0, 0.1) is 18.3 Å². The molecule has 106 valence electrons. The molecule has 1 amide bonds. The van der Waals surface area contributed by atoms with Gasteiger partial charge in [0.05, 0.1) is 12.8 Å². The van der Waals surface area contributed by atoms with E-state index < -0.39 is 0 Å². The van der Waals surface area contributed by atoms with Crippen LogP contribution in [0.5, 0.6) is 5.75 Å². The number of ether oxygens (including phenoxy) is 1. The van der Waals surface area contributed by atoms with Crippen LogP contribution in [0.1, 0.15) is 25.3 Å². The Morgan fingerprint density at radius 3 is 2.65 bits per heavy atom. The lowest BCUT2D eigenvalue weighted by atomic mass is 10.0. The molecule has 0 unspecified atom stereocenters. The van der Waals surface area contributed by atoms with Crippen molar-refractivity contribution in [1.82, 2.24) is 5.01 Å². The average Bonchev–Trinajstić information content (AvgIpc) is 2.49. The fraction of sp³-hybridized carbons (Fsp3) is 0.438. The molecule has 20 heavy (non-hydrogen) atoms.